The van der Waals surface area contributed by atoms with Crippen LogP contribution in [0.3, 0.4) is 0 Å². The topological polar surface area (TPSA) is 168 Å². The van der Waals surface area contributed by atoms with Crippen molar-refractivity contribution >= 4 is 48.6 Å². The van der Waals surface area contributed by atoms with Crippen molar-refractivity contribution in [3.63, 3.8) is 0 Å². The van der Waals surface area contributed by atoms with E-state index in [4.69, 9.17) is 44.1 Å². The first-order valence-electron chi connectivity index (χ1n) is 13.1. The molecule has 2 bridgehead atoms. The Morgan fingerprint density at radius 2 is 2.02 bits per heavy atom. The fourth-order valence-corrected chi connectivity index (χ4v) is 8.55. The molecule has 3 aromatic rings. The van der Waals surface area contributed by atoms with E-state index in [1.165, 1.54) is 37.6 Å². The normalized spacial score (nSPS) is 36.9. The number of ether oxygens (including phenoxy) is 3. The molecule has 0 spiro atoms. The molecular weight excluding hydrogens is 651 g/mol. The molecule has 2 aliphatic heterocycles. The van der Waals surface area contributed by atoms with Gasteiger partial charge in [0, 0.05) is 45.0 Å². The zero-order chi connectivity index (χ0) is 30.5. The Morgan fingerprint density at radius 1 is 1.21 bits per heavy atom. The lowest BCUT2D eigenvalue weighted by Gasteiger charge is -2.28. The van der Waals surface area contributed by atoms with Crippen LogP contribution in [0.25, 0.3) is 11.0 Å². The van der Waals surface area contributed by atoms with Gasteiger partial charge in [-0.1, -0.05) is 12.2 Å². The predicted molar refractivity (Wildman–Crippen MR) is 154 cm³/mol. The van der Waals surface area contributed by atoms with Gasteiger partial charge in [-0.3, -0.25) is 18.4 Å². The van der Waals surface area contributed by atoms with Crippen molar-refractivity contribution in [3.05, 3.63) is 47.3 Å². The number of nitrogens with zero attached hydrogens (tertiary/aromatic N) is 5. The summed E-state index contributed by atoms with van der Waals surface area (Å²) in [6.45, 7) is -8.50. The highest BCUT2D eigenvalue weighted by Crippen LogP contribution is 2.58. The minimum Gasteiger partial charge on any atom is -0.474 e. The van der Waals surface area contributed by atoms with Crippen LogP contribution < -0.4 is 10.3 Å². The Morgan fingerprint density at radius 3 is 2.77 bits per heavy atom. The lowest BCUT2D eigenvalue weighted by Crippen LogP contribution is -2.37. The number of hydrogen-bond acceptors (Lipinski definition) is 13. The second kappa shape index (κ2) is 12.2. The minimum absolute atomic E-state index is 0.0318. The zero-order valence-corrected chi connectivity index (χ0v) is 26.2. The number of aryl methyl sites for hydroxylation is 1. The van der Waals surface area contributed by atoms with Crippen LogP contribution in [0.5, 0.6) is 5.88 Å². The highest BCUT2D eigenvalue weighted by molar-refractivity contribution is 8.44. The molecule has 3 fully saturated rings. The van der Waals surface area contributed by atoms with E-state index in [1.54, 1.807) is 6.07 Å². The smallest absolute Gasteiger partial charge is 0.386 e. The zero-order valence-electron chi connectivity index (χ0n) is 22.7. The lowest BCUT2D eigenvalue weighted by molar-refractivity contribution is -0.0519. The van der Waals surface area contributed by atoms with Gasteiger partial charge in [-0.15, -0.1) is 0 Å². The molecule has 234 valence electrons. The standard InChI is InChI=1S/C23H28FN5O10P2S2/c1-28-11-27-21-18(22(28)30)14(24)7-29(21)23-20-19(33-2)16(37-23)9-35-40(31,42)38-15-6-13(36-17-3-4-25-10-26-17)5-12(15)8-34-41(32,43)39-20/h3-4,7,10-13,15-16,19-20,23H,5-6,8-9H2,1-2H3,(H,31,42)(H,32,43)/t12-,13-,15+,16-,19-,20-,23-,40?,41?/m1/s1. The van der Waals surface area contributed by atoms with Crippen LogP contribution in [0.2, 0.25) is 0 Å². The number of rotatable bonds is 4. The average Bonchev–Trinajstić information content (AvgIpc) is 3.60. The highest BCUT2D eigenvalue weighted by atomic mass is 32.7. The molecule has 9 atom stereocenters. The molecule has 0 amide bonds. The molecule has 0 aromatic carbocycles. The van der Waals surface area contributed by atoms with Crippen LogP contribution in [0.4, 0.5) is 4.39 Å². The third-order valence-electron chi connectivity index (χ3n) is 7.48. The Kier molecular flexibility index (Phi) is 8.83. The third-order valence-corrected chi connectivity index (χ3v) is 10.7. The molecule has 15 nitrogen and oxygen atoms in total. The highest BCUT2D eigenvalue weighted by Gasteiger charge is 2.51. The first-order valence-corrected chi connectivity index (χ1v) is 18.4. The first-order chi connectivity index (χ1) is 20.4. The summed E-state index contributed by atoms with van der Waals surface area (Å²) in [5.74, 6) is -0.935. The maximum Gasteiger partial charge on any atom is 0.386 e. The molecule has 20 heteroatoms. The van der Waals surface area contributed by atoms with Gasteiger partial charge in [-0.2, -0.15) is 0 Å². The summed E-state index contributed by atoms with van der Waals surface area (Å²) < 4.78 is 71.7. The quantitative estimate of drug-likeness (QED) is 0.305. The molecule has 2 saturated heterocycles. The number of aromatic nitrogens is 5. The molecule has 0 radical (unpaired) electrons. The van der Waals surface area contributed by atoms with E-state index < -0.39 is 67.6 Å². The second-order valence-electron chi connectivity index (χ2n) is 10.3. The third kappa shape index (κ3) is 6.47. The van der Waals surface area contributed by atoms with Gasteiger partial charge in [0.15, 0.2) is 17.7 Å². The van der Waals surface area contributed by atoms with E-state index in [1.807, 2.05) is 0 Å². The summed E-state index contributed by atoms with van der Waals surface area (Å²) in [6.07, 6.45) is 0.379. The summed E-state index contributed by atoms with van der Waals surface area (Å²) in [6, 6.07) is 1.60. The molecule has 1 N–H and O–H groups in total. The molecule has 1 aliphatic carbocycles. The maximum atomic E-state index is 15.0. The summed E-state index contributed by atoms with van der Waals surface area (Å²) in [7, 11) is 2.80. The SMILES string of the molecule is CO[C@H]1[C@H]2OP(O)(=S)OC[C@H]3C[C@@H](Oc4ccncn4)C[C@@H]3OP(=O)(S)OC[C@H]1O[C@H]2n1cc(F)c2c(=O)n(C)cnc21. The molecule has 6 rings (SSSR count). The van der Waals surface area contributed by atoms with Crippen molar-refractivity contribution in [2.45, 2.75) is 49.6 Å². The molecule has 2 unspecified atom stereocenters. The summed E-state index contributed by atoms with van der Waals surface area (Å²) in [5, 5.41) is -0.269. The van der Waals surface area contributed by atoms with Crippen molar-refractivity contribution in [2.24, 2.45) is 13.0 Å². The van der Waals surface area contributed by atoms with Gasteiger partial charge in [-0.05, 0) is 18.2 Å². The molecule has 43 heavy (non-hydrogen) atoms. The van der Waals surface area contributed by atoms with Crippen LogP contribution in [0, 0.1) is 11.7 Å². The van der Waals surface area contributed by atoms with Gasteiger partial charge < -0.3 is 32.8 Å². The van der Waals surface area contributed by atoms with Gasteiger partial charge in [0.2, 0.25) is 5.88 Å². The van der Waals surface area contributed by atoms with E-state index in [0.717, 1.165) is 10.8 Å². The Hall–Kier alpha value is -1.82. The van der Waals surface area contributed by atoms with Gasteiger partial charge in [0.25, 0.3) is 5.56 Å². The number of hydrogen-bond donors (Lipinski definition) is 2. The monoisotopic (exact) mass is 679 g/mol. The Labute approximate surface area is 254 Å². The van der Waals surface area contributed by atoms with Crippen LogP contribution >= 0.6 is 25.8 Å². The minimum atomic E-state index is -4.01. The van der Waals surface area contributed by atoms with E-state index in [9.17, 15) is 14.3 Å². The molecule has 5 heterocycles. The second-order valence-corrected chi connectivity index (χ2v) is 15.9. The maximum absolute atomic E-state index is 15.0. The van der Waals surface area contributed by atoms with E-state index in [-0.39, 0.29) is 24.2 Å². The fraction of sp³-hybridized carbons (Fsp3) is 0.565. The number of fused-ring (bicyclic) bond motifs is 4. The van der Waals surface area contributed by atoms with Crippen LogP contribution in [0.1, 0.15) is 19.1 Å². The van der Waals surface area contributed by atoms with Crippen molar-refractivity contribution in [3.8, 4) is 5.88 Å². The Bertz CT molecular complexity index is 1650. The van der Waals surface area contributed by atoms with E-state index in [2.05, 4.69) is 27.2 Å². The van der Waals surface area contributed by atoms with E-state index >= 15 is 4.39 Å². The number of halogens is 1. The van der Waals surface area contributed by atoms with Gasteiger partial charge >= 0.3 is 13.5 Å². The largest absolute Gasteiger partial charge is 0.474 e. The van der Waals surface area contributed by atoms with Gasteiger partial charge in [-0.25, -0.2) is 23.9 Å². The van der Waals surface area contributed by atoms with Gasteiger partial charge in [0.1, 0.15) is 36.1 Å². The van der Waals surface area contributed by atoms with Gasteiger partial charge in [0.05, 0.1) is 25.6 Å². The van der Waals surface area contributed by atoms with Crippen molar-refractivity contribution in [1.82, 2.24) is 24.1 Å². The first kappa shape index (κ1) is 31.2. The van der Waals surface area contributed by atoms with Crippen LogP contribution in [-0.4, -0.2) is 79.8 Å². The molecule has 3 aliphatic rings. The van der Waals surface area contributed by atoms with Crippen LogP contribution in [0.15, 0.2) is 35.9 Å². The molecule has 3 aromatic heterocycles. The Balaban J connectivity index is 1.31. The van der Waals surface area contributed by atoms with E-state index in [0.29, 0.717) is 18.7 Å². The molecular formula is C23H28FN5O10P2S2. The predicted octanol–water partition coefficient (Wildman–Crippen LogP) is 2.51. The van der Waals surface area contributed by atoms with Crippen LogP contribution in [-0.2, 0) is 51.0 Å². The summed E-state index contributed by atoms with van der Waals surface area (Å²) in [5.41, 5.74) is -0.644. The van der Waals surface area contributed by atoms with Crippen molar-refractivity contribution in [1.29, 1.82) is 0 Å². The fourth-order valence-electron chi connectivity index (χ4n) is 5.54. The summed E-state index contributed by atoms with van der Waals surface area (Å²) in [4.78, 5) is 36.0. The summed E-state index contributed by atoms with van der Waals surface area (Å²) >= 11 is 9.56. The molecule has 1 saturated carbocycles. The van der Waals surface area contributed by atoms with Crippen molar-refractivity contribution in [2.75, 3.05) is 20.3 Å². The average molecular weight is 680 g/mol. The number of methoxy groups -OCH3 is 1. The number of thiol groups is 1. The lowest BCUT2D eigenvalue weighted by atomic mass is 10.1. The van der Waals surface area contributed by atoms with Crippen molar-refractivity contribution < 1.29 is 46.2 Å².